The summed E-state index contributed by atoms with van der Waals surface area (Å²) in [6.07, 6.45) is 4.91. The molecule has 2 atom stereocenters. The first-order chi connectivity index (χ1) is 14.7. The number of amides is 2. The lowest BCUT2D eigenvalue weighted by Crippen LogP contribution is -2.44. The quantitative estimate of drug-likeness (QED) is 0.404. The molecule has 166 valence electrons. The maximum absolute atomic E-state index is 12.9. The Bertz CT molecular complexity index is 1080. The van der Waals surface area contributed by atoms with E-state index < -0.39 is 5.91 Å². The van der Waals surface area contributed by atoms with Crippen LogP contribution in [0.4, 0.5) is 0 Å². The molecular weight excluding hydrogens is 392 g/mol. The summed E-state index contributed by atoms with van der Waals surface area (Å²) in [7, 11) is 0. The first kappa shape index (κ1) is 22.7. The van der Waals surface area contributed by atoms with E-state index in [1.807, 2.05) is 27.7 Å². The second-order valence-electron chi connectivity index (χ2n) is 9.14. The van der Waals surface area contributed by atoms with Crippen molar-refractivity contribution in [1.82, 2.24) is 20.6 Å². The van der Waals surface area contributed by atoms with E-state index >= 15 is 0 Å². The number of allylic oxidation sites excluding steroid dienone is 2. The third-order valence-electron chi connectivity index (χ3n) is 6.06. The highest BCUT2D eigenvalue weighted by Crippen LogP contribution is 2.59. The Morgan fingerprint density at radius 2 is 1.81 bits per heavy atom. The number of rotatable bonds is 7. The number of hydrogen-bond donors (Lipinski definition) is 2. The van der Waals surface area contributed by atoms with Gasteiger partial charge in [0, 0.05) is 11.9 Å². The third kappa shape index (κ3) is 4.70. The molecule has 0 saturated heterocycles. The molecule has 0 radical (unpaired) electrons. The average Bonchev–Trinajstić information content (AvgIpc) is 3.26. The van der Waals surface area contributed by atoms with Crippen molar-refractivity contribution >= 4 is 22.6 Å². The average molecular weight is 425 g/mol. The molecular formula is C24H32N4O3. The fourth-order valence-corrected chi connectivity index (χ4v) is 4.17. The van der Waals surface area contributed by atoms with Crippen LogP contribution in [-0.2, 0) is 11.3 Å². The van der Waals surface area contributed by atoms with Crippen LogP contribution in [0.15, 0.2) is 40.7 Å². The zero-order chi connectivity index (χ0) is 22.8. The van der Waals surface area contributed by atoms with Gasteiger partial charge in [-0.15, -0.1) is 0 Å². The summed E-state index contributed by atoms with van der Waals surface area (Å²) in [5, 5.41) is 5.24. The van der Waals surface area contributed by atoms with Crippen molar-refractivity contribution in [2.45, 2.75) is 60.4 Å². The molecule has 1 fully saturated rings. The Morgan fingerprint density at radius 1 is 1.13 bits per heavy atom. The predicted molar refractivity (Wildman–Crippen MR) is 121 cm³/mol. The fraction of sp³-hybridized carbons (Fsp3) is 0.500. The van der Waals surface area contributed by atoms with E-state index in [1.165, 1.54) is 10.3 Å². The summed E-state index contributed by atoms with van der Waals surface area (Å²) in [5.74, 6) is -0.809. The lowest BCUT2D eigenvalue weighted by atomic mass is 10.1. The Hall–Kier alpha value is -2.96. The van der Waals surface area contributed by atoms with E-state index in [0.717, 1.165) is 19.3 Å². The number of aryl methyl sites for hydroxylation is 1. The molecule has 2 amide bonds. The molecule has 1 heterocycles. The van der Waals surface area contributed by atoms with E-state index in [4.69, 9.17) is 0 Å². The number of nitrogens with zero attached hydrogens (tertiary/aromatic N) is 2. The topological polar surface area (TPSA) is 93.1 Å². The van der Waals surface area contributed by atoms with Gasteiger partial charge in [0.25, 0.3) is 11.5 Å². The molecule has 1 saturated carbocycles. The van der Waals surface area contributed by atoms with Crippen LogP contribution in [0.25, 0.3) is 10.8 Å². The highest BCUT2D eigenvalue weighted by molar-refractivity contribution is 6.05. The Labute approximate surface area is 182 Å². The van der Waals surface area contributed by atoms with Crippen LogP contribution in [0, 0.1) is 17.3 Å². The first-order valence-electron chi connectivity index (χ1n) is 10.9. The normalized spacial score (nSPS) is 19.0. The lowest BCUT2D eigenvalue weighted by Gasteiger charge is -2.12. The van der Waals surface area contributed by atoms with Gasteiger partial charge in [0.1, 0.15) is 0 Å². The zero-order valence-corrected chi connectivity index (χ0v) is 19.0. The van der Waals surface area contributed by atoms with E-state index in [-0.39, 0.29) is 34.4 Å². The van der Waals surface area contributed by atoms with Gasteiger partial charge in [-0.25, -0.2) is 4.68 Å². The molecule has 0 spiro atoms. The van der Waals surface area contributed by atoms with Crippen molar-refractivity contribution in [3.05, 3.63) is 52.0 Å². The molecule has 2 unspecified atom stereocenters. The zero-order valence-electron chi connectivity index (χ0n) is 19.0. The van der Waals surface area contributed by atoms with Crippen LogP contribution < -0.4 is 16.4 Å². The van der Waals surface area contributed by atoms with Crippen LogP contribution in [0.2, 0.25) is 0 Å². The maximum atomic E-state index is 12.9. The van der Waals surface area contributed by atoms with Crippen LogP contribution >= 0.6 is 0 Å². The van der Waals surface area contributed by atoms with Gasteiger partial charge in [0.15, 0.2) is 5.69 Å². The molecule has 1 aliphatic carbocycles. The summed E-state index contributed by atoms with van der Waals surface area (Å²) in [5.41, 5.74) is 5.99. The molecule has 3 rings (SSSR count). The molecule has 2 N–H and O–H groups in total. The molecule has 1 aromatic heterocycles. The minimum Gasteiger partial charge on any atom is -0.273 e. The van der Waals surface area contributed by atoms with Gasteiger partial charge >= 0.3 is 0 Å². The summed E-state index contributed by atoms with van der Waals surface area (Å²) in [6, 6.07) is 6.92. The number of unbranched alkanes of at least 4 members (excludes halogenated alkanes) is 2. The minimum atomic E-state index is -0.536. The van der Waals surface area contributed by atoms with Crippen molar-refractivity contribution < 1.29 is 9.59 Å². The van der Waals surface area contributed by atoms with E-state index in [9.17, 15) is 14.4 Å². The molecule has 2 aromatic rings. The monoisotopic (exact) mass is 424 g/mol. The number of hydrogen-bond acceptors (Lipinski definition) is 4. The van der Waals surface area contributed by atoms with Crippen LogP contribution in [0.1, 0.15) is 64.4 Å². The van der Waals surface area contributed by atoms with Crippen molar-refractivity contribution in [1.29, 1.82) is 0 Å². The number of carbonyl (C=O) groups is 2. The van der Waals surface area contributed by atoms with Gasteiger partial charge in [-0.1, -0.05) is 63.5 Å². The third-order valence-corrected chi connectivity index (χ3v) is 6.06. The van der Waals surface area contributed by atoms with E-state index in [2.05, 4.69) is 29.0 Å². The smallest absolute Gasteiger partial charge is 0.273 e. The summed E-state index contributed by atoms with van der Waals surface area (Å²) < 4.78 is 1.35. The van der Waals surface area contributed by atoms with Crippen LogP contribution in [-0.4, -0.2) is 21.6 Å². The van der Waals surface area contributed by atoms with Crippen molar-refractivity contribution in [3.63, 3.8) is 0 Å². The van der Waals surface area contributed by atoms with Crippen LogP contribution in [0.3, 0.4) is 0 Å². The molecule has 0 aliphatic heterocycles. The summed E-state index contributed by atoms with van der Waals surface area (Å²) in [6.45, 7) is 10.6. The highest BCUT2D eigenvalue weighted by Gasteiger charge is 2.60. The van der Waals surface area contributed by atoms with Gasteiger partial charge in [0.05, 0.1) is 11.3 Å². The Kier molecular flexibility index (Phi) is 6.62. The van der Waals surface area contributed by atoms with Gasteiger partial charge < -0.3 is 0 Å². The number of benzene rings is 1. The lowest BCUT2D eigenvalue weighted by molar-refractivity contribution is -0.123. The molecule has 7 nitrogen and oxygen atoms in total. The maximum Gasteiger partial charge on any atom is 0.290 e. The van der Waals surface area contributed by atoms with E-state index in [0.29, 0.717) is 17.3 Å². The second-order valence-corrected chi connectivity index (χ2v) is 9.14. The minimum absolute atomic E-state index is 0.128. The highest BCUT2D eigenvalue weighted by atomic mass is 16.2. The standard InChI is InChI=1S/C24H32N4O3/c1-6-7-10-13-28-23(31)17-12-9-8-11-16(17)20(27-28)22(30)26-25-21(29)19-18(14-15(2)3)24(19,4)5/h8-9,11-12,14,18-19H,6-7,10,13H2,1-5H3,(H,25,29)(H,26,30). The predicted octanol–water partition coefficient (Wildman–Crippen LogP) is 3.59. The number of aromatic nitrogens is 2. The largest absolute Gasteiger partial charge is 0.290 e. The number of nitrogens with one attached hydrogen (secondary N) is 2. The fourth-order valence-electron chi connectivity index (χ4n) is 4.17. The van der Waals surface area contributed by atoms with Crippen molar-refractivity contribution in [2.24, 2.45) is 17.3 Å². The molecule has 0 bridgehead atoms. The molecule has 1 aromatic carbocycles. The van der Waals surface area contributed by atoms with Crippen LogP contribution in [0.5, 0.6) is 0 Å². The van der Waals surface area contributed by atoms with Gasteiger partial charge in [-0.3, -0.25) is 25.2 Å². The molecule has 31 heavy (non-hydrogen) atoms. The van der Waals surface area contributed by atoms with Crippen molar-refractivity contribution in [2.75, 3.05) is 0 Å². The second kappa shape index (κ2) is 9.04. The number of fused-ring (bicyclic) bond motifs is 1. The van der Waals surface area contributed by atoms with Crippen molar-refractivity contribution in [3.8, 4) is 0 Å². The Balaban J connectivity index is 1.79. The molecule has 1 aliphatic rings. The Morgan fingerprint density at radius 3 is 2.45 bits per heavy atom. The van der Waals surface area contributed by atoms with Gasteiger partial charge in [-0.2, -0.15) is 5.10 Å². The van der Waals surface area contributed by atoms with Gasteiger partial charge in [0.2, 0.25) is 5.91 Å². The van der Waals surface area contributed by atoms with Gasteiger partial charge in [-0.05, 0) is 37.7 Å². The molecule has 7 heteroatoms. The number of carbonyl (C=O) groups excluding carboxylic acids is 2. The van der Waals surface area contributed by atoms with E-state index in [1.54, 1.807) is 24.3 Å². The summed E-state index contributed by atoms with van der Waals surface area (Å²) >= 11 is 0. The first-order valence-corrected chi connectivity index (χ1v) is 10.9. The number of hydrazine groups is 1. The summed E-state index contributed by atoms with van der Waals surface area (Å²) in [4.78, 5) is 38.3. The SMILES string of the molecule is CCCCCn1nc(C(=O)NNC(=O)C2C(C=C(C)C)C2(C)C)c2ccccc2c1=O.